The molecule has 1 N–H and O–H groups in total. The number of anilines is 2. The largest absolute Gasteiger partial charge is 0.497 e. The number of rotatable bonds is 9. The molecule has 0 aliphatic rings. The molecule has 4 aromatic carbocycles. The van der Waals surface area contributed by atoms with E-state index in [1.807, 2.05) is 66.7 Å². The summed E-state index contributed by atoms with van der Waals surface area (Å²) in [5.41, 5.74) is 7.37. The monoisotopic (exact) mass is 518 g/mol. The van der Waals surface area contributed by atoms with E-state index in [0.717, 1.165) is 45.0 Å². The molecule has 0 aliphatic heterocycles. The van der Waals surface area contributed by atoms with Gasteiger partial charge in [-0.05, 0) is 71.8 Å². The number of hydrogen-bond donors (Lipinski definition) is 1. The minimum atomic E-state index is 0.675. The summed E-state index contributed by atoms with van der Waals surface area (Å²) < 4.78 is 22.2. The number of pyridine rings is 1. The Hall–Kier alpha value is -4.97. The average molecular weight is 519 g/mol. The smallest absolute Gasteiger partial charge is 0.131 e. The van der Waals surface area contributed by atoms with Crippen LogP contribution in [0.3, 0.4) is 0 Å². The molecule has 0 unspecified atom stereocenters. The van der Waals surface area contributed by atoms with Crippen LogP contribution in [-0.2, 0) is 0 Å². The molecule has 0 saturated heterocycles. The van der Waals surface area contributed by atoms with Gasteiger partial charge in [-0.1, -0.05) is 30.3 Å². The van der Waals surface area contributed by atoms with E-state index in [1.165, 1.54) is 0 Å². The number of para-hydroxylation sites is 1. The molecule has 0 fully saturated rings. The third kappa shape index (κ3) is 5.65. The minimum absolute atomic E-state index is 0.675. The summed E-state index contributed by atoms with van der Waals surface area (Å²) in [7, 11) is 6.57. The highest BCUT2D eigenvalue weighted by Gasteiger charge is 2.16. The minimum Gasteiger partial charge on any atom is -0.497 e. The number of ether oxygens (including phenoxy) is 4. The van der Waals surface area contributed by atoms with Gasteiger partial charge in [0.2, 0.25) is 0 Å². The van der Waals surface area contributed by atoms with Crippen molar-refractivity contribution in [3.63, 3.8) is 0 Å². The first-order valence-corrected chi connectivity index (χ1v) is 12.5. The van der Waals surface area contributed by atoms with Crippen LogP contribution in [-0.4, -0.2) is 33.4 Å². The van der Waals surface area contributed by atoms with E-state index in [0.29, 0.717) is 23.0 Å². The summed E-state index contributed by atoms with van der Waals surface area (Å²) >= 11 is 0. The first kappa shape index (κ1) is 25.7. The lowest BCUT2D eigenvalue weighted by Gasteiger charge is -2.15. The van der Waals surface area contributed by atoms with Gasteiger partial charge in [0.05, 0.1) is 39.8 Å². The number of benzene rings is 4. The second-order valence-electron chi connectivity index (χ2n) is 8.83. The van der Waals surface area contributed by atoms with Gasteiger partial charge in [-0.3, -0.25) is 0 Å². The Labute approximate surface area is 228 Å². The third-order valence-electron chi connectivity index (χ3n) is 6.48. The van der Waals surface area contributed by atoms with Gasteiger partial charge >= 0.3 is 0 Å². The van der Waals surface area contributed by atoms with E-state index in [4.69, 9.17) is 23.9 Å². The Morgan fingerprint density at radius 3 is 1.49 bits per heavy atom. The molecular weight excluding hydrogens is 488 g/mol. The van der Waals surface area contributed by atoms with Gasteiger partial charge in [0, 0.05) is 34.6 Å². The Morgan fingerprint density at radius 1 is 0.487 bits per heavy atom. The molecule has 5 rings (SSSR count). The molecule has 39 heavy (non-hydrogen) atoms. The Bertz CT molecular complexity index is 1490. The normalized spacial score (nSPS) is 10.6. The fraction of sp³-hybridized carbons (Fsp3) is 0.121. The topological polar surface area (TPSA) is 61.8 Å². The molecule has 0 atom stereocenters. The first-order valence-electron chi connectivity index (χ1n) is 12.5. The zero-order valence-corrected chi connectivity index (χ0v) is 22.4. The highest BCUT2D eigenvalue weighted by Crippen LogP contribution is 2.39. The zero-order valence-electron chi connectivity index (χ0n) is 22.4. The predicted octanol–water partition coefficient (Wildman–Crippen LogP) is 7.86. The van der Waals surface area contributed by atoms with Gasteiger partial charge in [-0.15, -0.1) is 0 Å². The highest BCUT2D eigenvalue weighted by atomic mass is 16.5. The lowest BCUT2D eigenvalue weighted by molar-refractivity contribution is 0.395. The Kier molecular flexibility index (Phi) is 7.64. The van der Waals surface area contributed by atoms with Crippen LogP contribution in [0.5, 0.6) is 23.0 Å². The molecule has 0 aliphatic carbocycles. The maximum absolute atomic E-state index is 5.71. The highest BCUT2D eigenvalue weighted by molar-refractivity contribution is 5.81. The van der Waals surface area contributed by atoms with Crippen LogP contribution in [0.15, 0.2) is 103 Å². The predicted molar refractivity (Wildman–Crippen MR) is 156 cm³/mol. The number of methoxy groups -OCH3 is 4. The molecular formula is C33H30N2O4. The van der Waals surface area contributed by atoms with Crippen molar-refractivity contribution in [2.45, 2.75) is 0 Å². The van der Waals surface area contributed by atoms with Crippen LogP contribution in [0.1, 0.15) is 0 Å². The molecule has 5 aromatic rings. The van der Waals surface area contributed by atoms with Crippen LogP contribution in [0.4, 0.5) is 11.4 Å². The summed E-state index contributed by atoms with van der Waals surface area (Å²) in [5.74, 6) is 2.78. The van der Waals surface area contributed by atoms with Crippen molar-refractivity contribution in [3.8, 4) is 56.6 Å². The summed E-state index contributed by atoms with van der Waals surface area (Å²) in [6.45, 7) is 0. The van der Waals surface area contributed by atoms with Crippen molar-refractivity contribution in [1.82, 2.24) is 4.98 Å². The SMILES string of the molecule is COc1ccc(-c2cc(-c3ccc(Nc4ccccc4)cc3)cc(-c3ccc(OC)cc3OC)n2)c(OC)c1. The van der Waals surface area contributed by atoms with E-state index in [-0.39, 0.29) is 0 Å². The zero-order chi connectivity index (χ0) is 27.2. The van der Waals surface area contributed by atoms with Crippen molar-refractivity contribution in [1.29, 1.82) is 0 Å². The molecule has 6 nitrogen and oxygen atoms in total. The lowest BCUT2D eigenvalue weighted by atomic mass is 9.99. The molecule has 1 aromatic heterocycles. The summed E-state index contributed by atoms with van der Waals surface area (Å²) in [4.78, 5) is 5.05. The Balaban J connectivity index is 1.62. The quantitative estimate of drug-likeness (QED) is 0.214. The van der Waals surface area contributed by atoms with Gasteiger partial charge < -0.3 is 24.3 Å². The second kappa shape index (κ2) is 11.6. The van der Waals surface area contributed by atoms with Crippen molar-refractivity contribution in [2.24, 2.45) is 0 Å². The molecule has 196 valence electrons. The molecule has 0 spiro atoms. The van der Waals surface area contributed by atoms with Crippen LogP contribution in [0.2, 0.25) is 0 Å². The van der Waals surface area contributed by atoms with Crippen molar-refractivity contribution in [2.75, 3.05) is 33.8 Å². The van der Waals surface area contributed by atoms with Gasteiger partial charge in [0.25, 0.3) is 0 Å². The maximum atomic E-state index is 5.71. The third-order valence-corrected chi connectivity index (χ3v) is 6.48. The number of nitrogens with zero attached hydrogens (tertiary/aromatic N) is 1. The molecule has 6 heteroatoms. The molecule has 0 radical (unpaired) electrons. The maximum Gasteiger partial charge on any atom is 0.131 e. The summed E-state index contributed by atoms with van der Waals surface area (Å²) in [6, 6.07) is 34.1. The van der Waals surface area contributed by atoms with E-state index in [2.05, 4.69) is 41.7 Å². The van der Waals surface area contributed by atoms with E-state index >= 15 is 0 Å². The molecule has 0 saturated carbocycles. The molecule has 0 bridgehead atoms. The van der Waals surface area contributed by atoms with Crippen LogP contribution >= 0.6 is 0 Å². The van der Waals surface area contributed by atoms with Crippen molar-refractivity contribution < 1.29 is 18.9 Å². The summed E-state index contributed by atoms with van der Waals surface area (Å²) in [5, 5.41) is 3.44. The second-order valence-corrected chi connectivity index (χ2v) is 8.83. The van der Waals surface area contributed by atoms with Gasteiger partial charge in [-0.25, -0.2) is 4.98 Å². The van der Waals surface area contributed by atoms with Crippen LogP contribution < -0.4 is 24.3 Å². The van der Waals surface area contributed by atoms with Crippen LogP contribution in [0, 0.1) is 0 Å². The number of aromatic nitrogens is 1. The summed E-state index contributed by atoms with van der Waals surface area (Å²) in [6.07, 6.45) is 0. The van der Waals surface area contributed by atoms with Gasteiger partial charge in [0.1, 0.15) is 23.0 Å². The van der Waals surface area contributed by atoms with Gasteiger partial charge in [0.15, 0.2) is 0 Å². The van der Waals surface area contributed by atoms with Crippen molar-refractivity contribution in [3.05, 3.63) is 103 Å². The Morgan fingerprint density at radius 2 is 1.00 bits per heavy atom. The first-order chi connectivity index (χ1) is 19.1. The fourth-order valence-corrected chi connectivity index (χ4v) is 4.43. The number of nitrogens with one attached hydrogen (secondary N) is 1. The molecule has 0 amide bonds. The standard InChI is InChI=1S/C33H30N2O4/c1-36-26-14-16-28(32(20-26)38-3)30-18-23(19-31(35-30)29-17-15-27(37-2)21-33(29)39-4)22-10-12-25(13-11-22)34-24-8-6-5-7-9-24/h5-21,34H,1-4H3. The lowest BCUT2D eigenvalue weighted by Crippen LogP contribution is -1.97. The molecule has 1 heterocycles. The van der Waals surface area contributed by atoms with Crippen molar-refractivity contribution >= 4 is 11.4 Å². The van der Waals surface area contributed by atoms with Crippen LogP contribution in [0.25, 0.3) is 33.6 Å². The average Bonchev–Trinajstić information content (AvgIpc) is 3.01. The van der Waals surface area contributed by atoms with Gasteiger partial charge in [-0.2, -0.15) is 0 Å². The number of hydrogen-bond acceptors (Lipinski definition) is 6. The fourth-order valence-electron chi connectivity index (χ4n) is 4.43. The van der Waals surface area contributed by atoms with E-state index in [1.54, 1.807) is 28.4 Å². The van der Waals surface area contributed by atoms with E-state index in [9.17, 15) is 0 Å². The van der Waals surface area contributed by atoms with E-state index < -0.39 is 0 Å².